The highest BCUT2D eigenvalue weighted by Crippen LogP contribution is 2.42. The molecule has 5 nitrogen and oxygen atoms in total. The van der Waals surface area contributed by atoms with Crippen molar-refractivity contribution in [1.82, 2.24) is 4.57 Å². The monoisotopic (exact) mass is 437 g/mol. The number of nitrogens with zero attached hydrogens (tertiary/aromatic N) is 1. The summed E-state index contributed by atoms with van der Waals surface area (Å²) in [5, 5.41) is 9.70. The molecule has 0 amide bonds. The van der Waals surface area contributed by atoms with Crippen molar-refractivity contribution >= 4 is 26.7 Å². The van der Waals surface area contributed by atoms with E-state index in [2.05, 4.69) is 0 Å². The van der Waals surface area contributed by atoms with E-state index in [1.54, 1.807) is 6.92 Å². The lowest BCUT2D eigenvalue weighted by Gasteiger charge is -2.25. The van der Waals surface area contributed by atoms with Gasteiger partial charge in [0.15, 0.2) is 9.84 Å². The van der Waals surface area contributed by atoms with Gasteiger partial charge in [-0.25, -0.2) is 21.6 Å². The molecule has 0 aliphatic carbocycles. The molecule has 0 atom stereocenters. The highest BCUT2D eigenvalue weighted by atomic mass is 32.2. The number of carbonyl (C=O) groups is 1. The molecular formula is C21H18F3NO4S. The van der Waals surface area contributed by atoms with E-state index in [1.807, 2.05) is 0 Å². The molecule has 9 heteroatoms. The molecule has 4 rings (SSSR count). The average Bonchev–Trinajstić information content (AvgIpc) is 2.90. The number of carboxylic acid groups (broad SMARTS) is 1. The Kier molecular flexibility index (Phi) is 4.68. The quantitative estimate of drug-likeness (QED) is 0.669. The molecule has 0 radical (unpaired) electrons. The second-order valence-electron chi connectivity index (χ2n) is 7.49. The van der Waals surface area contributed by atoms with E-state index in [-0.39, 0.29) is 17.9 Å². The van der Waals surface area contributed by atoms with Crippen molar-refractivity contribution in [2.75, 3.05) is 5.75 Å². The Morgan fingerprint density at radius 3 is 2.63 bits per heavy atom. The van der Waals surface area contributed by atoms with Crippen LogP contribution >= 0.6 is 0 Å². The predicted molar refractivity (Wildman–Crippen MR) is 104 cm³/mol. The summed E-state index contributed by atoms with van der Waals surface area (Å²) in [6, 6.07) is 7.85. The highest BCUT2D eigenvalue weighted by Gasteiger charge is 2.43. The van der Waals surface area contributed by atoms with Crippen LogP contribution in [0.2, 0.25) is 0 Å². The molecule has 0 bridgehead atoms. The van der Waals surface area contributed by atoms with Gasteiger partial charge in [0.25, 0.3) is 5.92 Å². The molecule has 1 aliphatic heterocycles. The first-order valence-electron chi connectivity index (χ1n) is 9.22. The number of halogens is 3. The minimum absolute atomic E-state index is 0.127. The van der Waals surface area contributed by atoms with Gasteiger partial charge in [0.05, 0.1) is 10.6 Å². The summed E-state index contributed by atoms with van der Waals surface area (Å²) in [5.74, 6) is -5.42. The first kappa shape index (κ1) is 20.5. The van der Waals surface area contributed by atoms with Crippen LogP contribution in [0.15, 0.2) is 41.3 Å². The van der Waals surface area contributed by atoms with Crippen LogP contribution in [0, 0.1) is 12.7 Å². The fourth-order valence-electron chi connectivity index (χ4n) is 4.04. The van der Waals surface area contributed by atoms with Crippen LogP contribution in [-0.2, 0) is 33.5 Å². The third kappa shape index (κ3) is 3.36. The van der Waals surface area contributed by atoms with Crippen LogP contribution in [-0.4, -0.2) is 29.8 Å². The Labute approximate surface area is 170 Å². The molecule has 30 heavy (non-hydrogen) atoms. The number of rotatable bonds is 4. The van der Waals surface area contributed by atoms with E-state index in [4.69, 9.17) is 0 Å². The lowest BCUT2D eigenvalue weighted by Crippen LogP contribution is -2.28. The topological polar surface area (TPSA) is 76.4 Å². The van der Waals surface area contributed by atoms with Gasteiger partial charge in [0.1, 0.15) is 12.4 Å². The van der Waals surface area contributed by atoms with E-state index in [0.717, 1.165) is 0 Å². The van der Waals surface area contributed by atoms with Crippen molar-refractivity contribution in [3.8, 4) is 0 Å². The minimum atomic E-state index is -3.76. The Morgan fingerprint density at radius 2 is 1.93 bits per heavy atom. The lowest BCUT2D eigenvalue weighted by atomic mass is 9.97. The van der Waals surface area contributed by atoms with Crippen LogP contribution in [0.5, 0.6) is 0 Å². The van der Waals surface area contributed by atoms with Crippen LogP contribution in [0.25, 0.3) is 10.9 Å². The summed E-state index contributed by atoms with van der Waals surface area (Å²) in [6.07, 6.45) is -0.643. The summed E-state index contributed by atoms with van der Waals surface area (Å²) < 4.78 is 68.6. The van der Waals surface area contributed by atoms with E-state index >= 15 is 0 Å². The number of aliphatic carboxylic acids is 1. The van der Waals surface area contributed by atoms with Gasteiger partial charge in [-0.3, -0.25) is 4.79 Å². The van der Waals surface area contributed by atoms with Crippen molar-refractivity contribution in [2.45, 2.75) is 37.1 Å². The molecule has 1 aromatic heterocycles. The van der Waals surface area contributed by atoms with Crippen molar-refractivity contribution in [2.24, 2.45) is 0 Å². The zero-order valence-corrected chi connectivity index (χ0v) is 16.8. The highest BCUT2D eigenvalue weighted by molar-refractivity contribution is 7.91. The van der Waals surface area contributed by atoms with Crippen molar-refractivity contribution in [3.63, 3.8) is 0 Å². The van der Waals surface area contributed by atoms with Crippen molar-refractivity contribution in [1.29, 1.82) is 0 Å². The number of hydrogen-bond donors (Lipinski definition) is 1. The molecule has 0 spiro atoms. The van der Waals surface area contributed by atoms with Gasteiger partial charge in [-0.05, 0) is 54.8 Å². The fourth-order valence-corrected chi connectivity index (χ4v) is 5.61. The largest absolute Gasteiger partial charge is 0.480 e. The molecule has 0 fully saturated rings. The van der Waals surface area contributed by atoms with E-state index in [9.17, 15) is 31.5 Å². The molecule has 2 heterocycles. The summed E-state index contributed by atoms with van der Waals surface area (Å²) in [5.41, 5.74) is 1.62. The number of benzene rings is 2. The molecule has 0 saturated carbocycles. The molecule has 0 saturated heterocycles. The maximum Gasteiger partial charge on any atom is 0.323 e. The standard InChI is InChI=1S/C21H18F3NO4S/c1-12-15(16-10-14(22)3-4-18(16)25(12)11-20(26)27)8-13-2-5-19-17(9-13)21(23,24)6-7-30(19,28)29/h2-5,9-10H,6-8,11H2,1H3,(H,26,27). The lowest BCUT2D eigenvalue weighted by molar-refractivity contribution is -0.137. The van der Waals surface area contributed by atoms with Crippen molar-refractivity contribution < 1.29 is 31.5 Å². The summed E-state index contributed by atoms with van der Waals surface area (Å²) in [7, 11) is -3.76. The second kappa shape index (κ2) is 6.87. The zero-order chi connectivity index (χ0) is 21.8. The first-order valence-corrected chi connectivity index (χ1v) is 10.9. The number of sulfone groups is 1. The summed E-state index contributed by atoms with van der Waals surface area (Å²) in [6.45, 7) is 1.36. The van der Waals surface area contributed by atoms with Crippen LogP contribution in [0.1, 0.15) is 28.8 Å². The van der Waals surface area contributed by atoms with Gasteiger partial charge in [0.2, 0.25) is 0 Å². The molecule has 158 valence electrons. The number of fused-ring (bicyclic) bond motifs is 2. The number of aromatic nitrogens is 1. The van der Waals surface area contributed by atoms with E-state index in [0.29, 0.717) is 27.7 Å². The van der Waals surface area contributed by atoms with Crippen LogP contribution in [0.3, 0.4) is 0 Å². The normalized spacial score (nSPS) is 17.1. The van der Waals surface area contributed by atoms with Crippen molar-refractivity contribution in [3.05, 3.63) is 64.6 Å². The van der Waals surface area contributed by atoms with Gasteiger partial charge in [-0.1, -0.05) is 6.07 Å². The van der Waals surface area contributed by atoms with E-state index in [1.165, 1.54) is 41.0 Å². The first-order chi connectivity index (χ1) is 14.0. The van der Waals surface area contributed by atoms with Gasteiger partial charge in [-0.2, -0.15) is 0 Å². The van der Waals surface area contributed by atoms with Gasteiger partial charge < -0.3 is 9.67 Å². The van der Waals surface area contributed by atoms with Crippen LogP contribution < -0.4 is 0 Å². The number of hydrogen-bond acceptors (Lipinski definition) is 3. The summed E-state index contributed by atoms with van der Waals surface area (Å²) >= 11 is 0. The Bertz CT molecular complexity index is 1300. The molecular weight excluding hydrogens is 419 g/mol. The maximum atomic E-state index is 14.4. The molecule has 1 aliphatic rings. The van der Waals surface area contributed by atoms with Gasteiger partial charge >= 0.3 is 5.97 Å². The predicted octanol–water partition coefficient (Wildman–Crippen LogP) is 4.03. The van der Waals surface area contributed by atoms with Gasteiger partial charge in [-0.15, -0.1) is 0 Å². The third-order valence-corrected chi connectivity index (χ3v) is 7.32. The molecule has 3 aromatic rings. The third-order valence-electron chi connectivity index (χ3n) is 5.55. The van der Waals surface area contributed by atoms with Gasteiger partial charge in [0, 0.05) is 28.6 Å². The number of alkyl halides is 2. The maximum absolute atomic E-state index is 14.4. The SMILES string of the molecule is Cc1c(Cc2ccc3c(c2)C(F)(F)CCS3(=O)=O)c2cc(F)ccc2n1CC(=O)O. The Balaban J connectivity index is 1.85. The Morgan fingerprint density at radius 1 is 1.20 bits per heavy atom. The summed E-state index contributed by atoms with van der Waals surface area (Å²) in [4.78, 5) is 10.9. The van der Waals surface area contributed by atoms with Crippen LogP contribution in [0.4, 0.5) is 13.2 Å². The Hall–Kier alpha value is -2.81. The minimum Gasteiger partial charge on any atom is -0.480 e. The fraction of sp³-hybridized carbons (Fsp3) is 0.286. The van der Waals surface area contributed by atoms with E-state index < -0.39 is 45.3 Å². The molecule has 0 unspecified atom stereocenters. The smallest absolute Gasteiger partial charge is 0.323 e. The molecule has 2 aromatic carbocycles. The zero-order valence-electron chi connectivity index (χ0n) is 16.0. The number of carboxylic acids is 1. The average molecular weight is 437 g/mol. The molecule has 1 N–H and O–H groups in total. The second-order valence-corrected chi connectivity index (χ2v) is 9.56.